The molecule has 5 nitrogen and oxygen atoms in total. The molecule has 0 bridgehead atoms. The average Bonchev–Trinajstić information content (AvgIpc) is 2.66. The first-order valence-electron chi connectivity index (χ1n) is 8.34. The highest BCUT2D eigenvalue weighted by atomic mass is 15.0. The van der Waals surface area contributed by atoms with Crippen LogP contribution in [0.25, 0.3) is 22.0 Å². The van der Waals surface area contributed by atoms with Crippen LogP contribution in [-0.2, 0) is 0 Å². The van der Waals surface area contributed by atoms with Crippen molar-refractivity contribution in [3.05, 3.63) is 78.9 Å². The van der Waals surface area contributed by atoms with E-state index < -0.39 is 0 Å². The number of aromatic nitrogens is 2. The molecule has 2 aromatic carbocycles. The third-order valence-corrected chi connectivity index (χ3v) is 3.83. The fourth-order valence-corrected chi connectivity index (χ4v) is 2.71. The lowest BCUT2D eigenvalue weighted by Gasteiger charge is -2.13. The molecule has 0 unspecified atom stereocenters. The molecule has 0 aliphatic rings. The first-order valence-corrected chi connectivity index (χ1v) is 8.34. The van der Waals surface area contributed by atoms with E-state index in [4.69, 9.17) is 5.73 Å². The topological polar surface area (TPSA) is 76.2 Å². The maximum absolute atomic E-state index is 5.30. The number of benzene rings is 2. The molecule has 0 saturated heterocycles. The van der Waals surface area contributed by atoms with Crippen LogP contribution in [0.3, 0.4) is 0 Å². The van der Waals surface area contributed by atoms with Gasteiger partial charge in [0.25, 0.3) is 0 Å². The van der Waals surface area contributed by atoms with Crippen molar-refractivity contribution in [3.8, 4) is 11.1 Å². The predicted octanol–water partition coefficient (Wildman–Crippen LogP) is 4.07. The summed E-state index contributed by atoms with van der Waals surface area (Å²) in [6.07, 6.45) is 4.70. The van der Waals surface area contributed by atoms with Crippen molar-refractivity contribution in [1.29, 1.82) is 0 Å². The van der Waals surface area contributed by atoms with Gasteiger partial charge in [-0.1, -0.05) is 49.0 Å². The highest BCUT2D eigenvalue weighted by molar-refractivity contribution is 6.01. The van der Waals surface area contributed by atoms with Crippen molar-refractivity contribution in [1.82, 2.24) is 9.97 Å². The fourth-order valence-electron chi connectivity index (χ4n) is 2.71. The van der Waals surface area contributed by atoms with E-state index in [1.807, 2.05) is 37.3 Å². The van der Waals surface area contributed by atoms with Crippen LogP contribution < -0.4 is 11.1 Å². The smallest absolute Gasteiger partial charge is 0.138 e. The Morgan fingerprint density at radius 2 is 1.96 bits per heavy atom. The molecule has 5 heteroatoms. The second-order valence-electron chi connectivity index (χ2n) is 5.77. The van der Waals surface area contributed by atoms with Crippen LogP contribution in [0, 0.1) is 6.92 Å². The van der Waals surface area contributed by atoms with Crippen LogP contribution in [0.15, 0.2) is 78.1 Å². The zero-order valence-electron chi connectivity index (χ0n) is 14.7. The van der Waals surface area contributed by atoms with Crippen LogP contribution in [0.2, 0.25) is 0 Å². The number of nitrogens with two attached hydrogens (primary N) is 1. The largest absolute Gasteiger partial charge is 0.405 e. The molecule has 1 heterocycles. The number of aliphatic imine (C=N–C) groups is 1. The molecule has 0 radical (unpaired) electrons. The highest BCUT2D eigenvalue weighted by Crippen LogP contribution is 2.32. The first kappa shape index (κ1) is 17.4. The van der Waals surface area contributed by atoms with E-state index >= 15 is 0 Å². The van der Waals surface area contributed by atoms with E-state index in [0.29, 0.717) is 18.1 Å². The molecule has 3 N–H and O–H groups in total. The molecular formula is C21H21N5. The van der Waals surface area contributed by atoms with E-state index in [-0.39, 0.29) is 0 Å². The van der Waals surface area contributed by atoms with Crippen LogP contribution in [0.4, 0.5) is 5.82 Å². The molecule has 3 rings (SSSR count). The fraction of sp³-hybridized carbons (Fsp3) is 0.0952. The number of rotatable bonds is 6. The van der Waals surface area contributed by atoms with Crippen molar-refractivity contribution >= 4 is 22.9 Å². The summed E-state index contributed by atoms with van der Waals surface area (Å²) in [4.78, 5) is 13.4. The number of nitrogens with zero attached hydrogens (tertiary/aromatic N) is 3. The van der Waals surface area contributed by atoms with Crippen LogP contribution in [0.1, 0.15) is 5.82 Å². The van der Waals surface area contributed by atoms with Gasteiger partial charge in [0.15, 0.2) is 0 Å². The summed E-state index contributed by atoms with van der Waals surface area (Å²) in [6.45, 7) is 6.31. The zero-order valence-corrected chi connectivity index (χ0v) is 14.7. The predicted molar refractivity (Wildman–Crippen MR) is 109 cm³/mol. The number of allylic oxidation sites excluding steroid dienone is 1. The first-order chi connectivity index (χ1) is 12.7. The lowest BCUT2D eigenvalue weighted by Crippen LogP contribution is -2.07. The number of hydrogen-bond acceptors (Lipinski definition) is 5. The van der Waals surface area contributed by atoms with Gasteiger partial charge in [0, 0.05) is 6.21 Å². The van der Waals surface area contributed by atoms with Crippen molar-refractivity contribution < 1.29 is 0 Å². The minimum Gasteiger partial charge on any atom is -0.405 e. The molecule has 0 atom stereocenters. The number of nitrogens with one attached hydrogen (secondary N) is 1. The van der Waals surface area contributed by atoms with Gasteiger partial charge in [-0.3, -0.25) is 4.99 Å². The van der Waals surface area contributed by atoms with Gasteiger partial charge in [-0.25, -0.2) is 9.97 Å². The SMILES string of the molecule is C=C(CNc1nc(C)nc2cccc(-c3ccccc3)c12)N=C/C=C\N. The molecular weight excluding hydrogens is 322 g/mol. The van der Waals surface area contributed by atoms with Gasteiger partial charge in [-0.15, -0.1) is 0 Å². The van der Waals surface area contributed by atoms with E-state index in [1.165, 1.54) is 6.20 Å². The van der Waals surface area contributed by atoms with Gasteiger partial charge in [-0.05, 0) is 36.4 Å². The maximum atomic E-state index is 5.30. The third kappa shape index (κ3) is 3.95. The Morgan fingerprint density at radius 3 is 2.73 bits per heavy atom. The summed E-state index contributed by atoms with van der Waals surface area (Å²) >= 11 is 0. The van der Waals surface area contributed by atoms with Crippen molar-refractivity contribution in [2.75, 3.05) is 11.9 Å². The maximum Gasteiger partial charge on any atom is 0.138 e. The minimum absolute atomic E-state index is 0.476. The summed E-state index contributed by atoms with van der Waals surface area (Å²) < 4.78 is 0. The van der Waals surface area contributed by atoms with Gasteiger partial charge >= 0.3 is 0 Å². The Labute approximate surface area is 153 Å². The lowest BCUT2D eigenvalue weighted by molar-refractivity contribution is 1.07. The summed E-state index contributed by atoms with van der Waals surface area (Å²) in [7, 11) is 0. The van der Waals surface area contributed by atoms with Crippen molar-refractivity contribution in [3.63, 3.8) is 0 Å². The molecule has 3 aromatic rings. The summed E-state index contributed by atoms with van der Waals surface area (Å²) in [5.74, 6) is 1.49. The third-order valence-electron chi connectivity index (χ3n) is 3.83. The van der Waals surface area contributed by atoms with E-state index in [0.717, 1.165) is 27.8 Å². The van der Waals surface area contributed by atoms with E-state index in [1.54, 1.807) is 12.3 Å². The standard InChI is InChI=1S/C21H21N5/c1-15(23-13-7-12-22)14-24-21-20-18(17-8-4-3-5-9-17)10-6-11-19(20)25-16(2)26-21/h3-13H,1,14,22H2,2H3,(H,24,25,26)/b12-7-,23-13?. The van der Waals surface area contributed by atoms with Gasteiger partial charge in [0.1, 0.15) is 11.6 Å². The molecule has 0 aliphatic carbocycles. The molecule has 0 aliphatic heterocycles. The number of aryl methyl sites for hydroxylation is 1. The van der Waals surface area contributed by atoms with Crippen LogP contribution in [0.5, 0.6) is 0 Å². The van der Waals surface area contributed by atoms with Crippen LogP contribution in [-0.4, -0.2) is 22.7 Å². The normalized spacial score (nSPS) is 11.4. The molecule has 1 aromatic heterocycles. The summed E-state index contributed by atoms with van der Waals surface area (Å²) in [5, 5.41) is 4.33. The summed E-state index contributed by atoms with van der Waals surface area (Å²) in [5.41, 5.74) is 9.10. The Kier molecular flexibility index (Phi) is 5.39. The quantitative estimate of drug-likeness (QED) is 0.661. The molecule has 0 fully saturated rings. The molecule has 0 saturated carbocycles. The molecule has 130 valence electrons. The Morgan fingerprint density at radius 1 is 1.15 bits per heavy atom. The Bertz CT molecular complexity index is 974. The second kappa shape index (κ2) is 8.07. The second-order valence-corrected chi connectivity index (χ2v) is 5.77. The Balaban J connectivity index is 2.00. The average molecular weight is 343 g/mol. The molecule has 0 amide bonds. The number of hydrogen-bond donors (Lipinski definition) is 2. The monoisotopic (exact) mass is 343 g/mol. The molecule has 26 heavy (non-hydrogen) atoms. The zero-order chi connectivity index (χ0) is 18.4. The number of fused-ring (bicyclic) bond motifs is 1. The molecule has 0 spiro atoms. The van der Waals surface area contributed by atoms with Crippen molar-refractivity contribution in [2.45, 2.75) is 6.92 Å². The summed E-state index contributed by atoms with van der Waals surface area (Å²) in [6, 6.07) is 16.3. The van der Waals surface area contributed by atoms with Gasteiger partial charge < -0.3 is 11.1 Å². The number of anilines is 1. The van der Waals surface area contributed by atoms with E-state index in [9.17, 15) is 0 Å². The van der Waals surface area contributed by atoms with Gasteiger partial charge in [0.05, 0.1) is 23.1 Å². The highest BCUT2D eigenvalue weighted by Gasteiger charge is 2.11. The van der Waals surface area contributed by atoms with E-state index in [2.05, 4.69) is 45.1 Å². The van der Waals surface area contributed by atoms with Gasteiger partial charge in [0.2, 0.25) is 0 Å². The van der Waals surface area contributed by atoms with Gasteiger partial charge in [-0.2, -0.15) is 0 Å². The minimum atomic E-state index is 0.476. The van der Waals surface area contributed by atoms with Crippen LogP contribution >= 0.6 is 0 Å². The van der Waals surface area contributed by atoms with Crippen molar-refractivity contribution in [2.24, 2.45) is 10.7 Å². The Hall–Kier alpha value is -3.47. The lowest BCUT2D eigenvalue weighted by atomic mass is 10.0.